The lowest BCUT2D eigenvalue weighted by molar-refractivity contribution is -0.123. The average molecular weight is 289 g/mol. The van der Waals surface area contributed by atoms with Gasteiger partial charge < -0.3 is 5.73 Å². The molecule has 0 bridgehead atoms. The van der Waals surface area contributed by atoms with Gasteiger partial charge in [-0.3, -0.25) is 4.79 Å². The van der Waals surface area contributed by atoms with E-state index in [0.29, 0.717) is 19.4 Å². The van der Waals surface area contributed by atoms with Crippen molar-refractivity contribution in [2.24, 2.45) is 11.7 Å². The summed E-state index contributed by atoms with van der Waals surface area (Å²) in [6.07, 6.45) is 8.95. The van der Waals surface area contributed by atoms with Gasteiger partial charge >= 0.3 is 0 Å². The van der Waals surface area contributed by atoms with Crippen LogP contribution in [0, 0.1) is 5.92 Å². The van der Waals surface area contributed by atoms with Crippen molar-refractivity contribution in [2.45, 2.75) is 63.0 Å². The number of carbonyl (C=O) groups excluding carboxylic acids is 1. The molecule has 19 heavy (non-hydrogen) atoms. The number of nitrogens with two attached hydrogens (primary N) is 1. The molecule has 5 heteroatoms. The van der Waals surface area contributed by atoms with Crippen LogP contribution in [0.5, 0.6) is 0 Å². The molecule has 2 N–H and O–H groups in total. The first kappa shape index (κ1) is 16.6. The molecule has 0 aromatic carbocycles. The summed E-state index contributed by atoms with van der Waals surface area (Å²) in [5.41, 5.74) is 5.42. The van der Waals surface area contributed by atoms with E-state index in [1.165, 1.54) is 6.26 Å². The summed E-state index contributed by atoms with van der Waals surface area (Å²) in [4.78, 5) is 12.1. The highest BCUT2D eigenvalue weighted by Crippen LogP contribution is 2.30. The molecule has 1 saturated carbocycles. The van der Waals surface area contributed by atoms with Gasteiger partial charge in [0.2, 0.25) is 0 Å². The first-order valence-corrected chi connectivity index (χ1v) is 9.32. The first-order chi connectivity index (χ1) is 8.95. The Labute approximate surface area is 117 Å². The van der Waals surface area contributed by atoms with Gasteiger partial charge in [0.05, 0.1) is 5.25 Å². The zero-order chi connectivity index (χ0) is 14.3. The van der Waals surface area contributed by atoms with Gasteiger partial charge in [0.25, 0.3) is 0 Å². The normalized spacial score (nSPS) is 24.3. The predicted octanol–water partition coefficient (Wildman–Crippen LogP) is 2.07. The summed E-state index contributed by atoms with van der Waals surface area (Å²) in [7, 11) is -2.99. The van der Waals surface area contributed by atoms with Crippen LogP contribution < -0.4 is 5.73 Å². The van der Waals surface area contributed by atoms with E-state index >= 15 is 0 Å². The summed E-state index contributed by atoms with van der Waals surface area (Å²) in [6.45, 7) is 0.715. The number of hydrogen-bond acceptors (Lipinski definition) is 4. The van der Waals surface area contributed by atoms with E-state index in [9.17, 15) is 13.2 Å². The molecule has 1 aliphatic carbocycles. The van der Waals surface area contributed by atoms with Crippen molar-refractivity contribution in [1.82, 2.24) is 0 Å². The SMILES string of the molecule is CS(=O)(=O)C1CCCC(C(=O)CCCCCCN)C1. The molecule has 0 saturated heterocycles. The van der Waals surface area contributed by atoms with Crippen molar-refractivity contribution < 1.29 is 13.2 Å². The molecular weight excluding hydrogens is 262 g/mol. The van der Waals surface area contributed by atoms with E-state index in [0.717, 1.165) is 44.9 Å². The molecule has 4 nitrogen and oxygen atoms in total. The van der Waals surface area contributed by atoms with Gasteiger partial charge in [0.1, 0.15) is 15.6 Å². The lowest BCUT2D eigenvalue weighted by Crippen LogP contribution is -2.31. The molecule has 2 unspecified atom stereocenters. The Morgan fingerprint density at radius 1 is 1.16 bits per heavy atom. The monoisotopic (exact) mass is 289 g/mol. The van der Waals surface area contributed by atoms with Crippen LogP contribution in [-0.2, 0) is 14.6 Å². The lowest BCUT2D eigenvalue weighted by Gasteiger charge is -2.27. The minimum atomic E-state index is -2.99. The Balaban J connectivity index is 2.32. The van der Waals surface area contributed by atoms with Crippen LogP contribution in [-0.4, -0.2) is 32.3 Å². The molecule has 112 valence electrons. The largest absolute Gasteiger partial charge is 0.330 e. The summed E-state index contributed by atoms with van der Waals surface area (Å²) >= 11 is 0. The molecule has 0 amide bonds. The Bertz CT molecular complexity index is 378. The number of Topliss-reactive ketones (excluding diaryl/α,β-unsaturated/α-hetero) is 1. The predicted molar refractivity (Wildman–Crippen MR) is 77.7 cm³/mol. The third-order valence-electron chi connectivity index (χ3n) is 4.06. The molecule has 1 rings (SSSR count). The number of rotatable bonds is 8. The highest BCUT2D eigenvalue weighted by atomic mass is 32.2. The third kappa shape index (κ3) is 6.04. The maximum atomic E-state index is 12.1. The smallest absolute Gasteiger partial charge is 0.150 e. The molecule has 2 atom stereocenters. The van der Waals surface area contributed by atoms with Gasteiger partial charge in [-0.05, 0) is 38.6 Å². The van der Waals surface area contributed by atoms with Crippen molar-refractivity contribution >= 4 is 15.6 Å². The minimum absolute atomic E-state index is 0.0250. The quantitative estimate of drug-likeness (QED) is 0.694. The number of unbranched alkanes of at least 4 members (excludes halogenated alkanes) is 3. The van der Waals surface area contributed by atoms with E-state index in [1.54, 1.807) is 0 Å². The molecular formula is C14H27NO3S. The second-order valence-electron chi connectivity index (χ2n) is 5.73. The third-order valence-corrected chi connectivity index (χ3v) is 5.70. The lowest BCUT2D eigenvalue weighted by atomic mass is 9.84. The van der Waals surface area contributed by atoms with Crippen LogP contribution in [0.2, 0.25) is 0 Å². The zero-order valence-corrected chi connectivity index (χ0v) is 12.8. The zero-order valence-electron chi connectivity index (χ0n) is 11.9. The maximum absolute atomic E-state index is 12.1. The first-order valence-electron chi connectivity index (χ1n) is 7.36. The molecule has 0 aromatic heterocycles. The van der Waals surface area contributed by atoms with Gasteiger partial charge in [-0.2, -0.15) is 0 Å². The molecule has 0 heterocycles. The summed E-state index contributed by atoms with van der Waals surface area (Å²) in [6, 6.07) is 0. The van der Waals surface area contributed by atoms with Crippen molar-refractivity contribution in [3.8, 4) is 0 Å². The van der Waals surface area contributed by atoms with E-state index in [2.05, 4.69) is 0 Å². The molecule has 1 fully saturated rings. The highest BCUT2D eigenvalue weighted by molar-refractivity contribution is 7.91. The number of sulfone groups is 1. The fourth-order valence-electron chi connectivity index (χ4n) is 2.83. The van der Waals surface area contributed by atoms with Gasteiger partial charge in [0, 0.05) is 18.6 Å². The standard InChI is InChI=1S/C14H27NO3S/c1-19(17,18)13-8-6-7-12(11-13)14(16)9-4-2-3-5-10-15/h12-13H,2-11,15H2,1H3. The van der Waals surface area contributed by atoms with Gasteiger partial charge in [-0.25, -0.2) is 8.42 Å². The highest BCUT2D eigenvalue weighted by Gasteiger charge is 2.31. The Hall–Kier alpha value is -0.420. The van der Waals surface area contributed by atoms with Crippen molar-refractivity contribution in [3.63, 3.8) is 0 Å². The summed E-state index contributed by atoms with van der Waals surface area (Å²) < 4.78 is 23.1. The maximum Gasteiger partial charge on any atom is 0.150 e. The van der Waals surface area contributed by atoms with Crippen LogP contribution in [0.1, 0.15) is 57.8 Å². The fraction of sp³-hybridized carbons (Fsp3) is 0.929. The van der Waals surface area contributed by atoms with E-state index < -0.39 is 9.84 Å². The molecule has 0 spiro atoms. The molecule has 0 aromatic rings. The fourth-order valence-corrected chi connectivity index (χ4v) is 4.00. The van der Waals surface area contributed by atoms with E-state index in [-0.39, 0.29) is 17.0 Å². The van der Waals surface area contributed by atoms with Crippen LogP contribution in [0.25, 0.3) is 0 Å². The Morgan fingerprint density at radius 2 is 1.84 bits per heavy atom. The van der Waals surface area contributed by atoms with Gasteiger partial charge in [0.15, 0.2) is 0 Å². The van der Waals surface area contributed by atoms with Crippen molar-refractivity contribution in [2.75, 3.05) is 12.8 Å². The van der Waals surface area contributed by atoms with Crippen LogP contribution in [0.4, 0.5) is 0 Å². The Kier molecular flexibility index (Phi) is 7.00. The van der Waals surface area contributed by atoms with Crippen LogP contribution in [0.3, 0.4) is 0 Å². The van der Waals surface area contributed by atoms with Crippen LogP contribution in [0.15, 0.2) is 0 Å². The molecule has 0 radical (unpaired) electrons. The Morgan fingerprint density at radius 3 is 2.47 bits per heavy atom. The van der Waals surface area contributed by atoms with Gasteiger partial charge in [-0.1, -0.05) is 19.3 Å². The van der Waals surface area contributed by atoms with Crippen molar-refractivity contribution in [1.29, 1.82) is 0 Å². The second kappa shape index (κ2) is 8.00. The number of carbonyl (C=O) groups is 1. The summed E-state index contributed by atoms with van der Waals surface area (Å²) in [5.74, 6) is 0.240. The van der Waals surface area contributed by atoms with Crippen molar-refractivity contribution in [3.05, 3.63) is 0 Å². The van der Waals surface area contributed by atoms with E-state index in [4.69, 9.17) is 5.73 Å². The molecule has 1 aliphatic rings. The van der Waals surface area contributed by atoms with Gasteiger partial charge in [-0.15, -0.1) is 0 Å². The van der Waals surface area contributed by atoms with E-state index in [1.807, 2.05) is 0 Å². The second-order valence-corrected chi connectivity index (χ2v) is 8.06. The number of ketones is 1. The van der Waals surface area contributed by atoms with Crippen LogP contribution >= 0.6 is 0 Å². The minimum Gasteiger partial charge on any atom is -0.330 e. The topological polar surface area (TPSA) is 77.2 Å². The number of hydrogen-bond donors (Lipinski definition) is 1. The average Bonchev–Trinajstić information content (AvgIpc) is 2.37. The summed E-state index contributed by atoms with van der Waals surface area (Å²) in [5, 5.41) is -0.299. The molecule has 0 aliphatic heterocycles.